The standard InChI is InChI=1S/C19H22F2N4OS/c1-11-7-15(13(3)25(11)12(2)9-26-4)18-10-27-19(24-23-18)22-17-6-5-14(20)8-16(17)21/h5-8,12H,9-10H2,1-4H3,(H,22,24)/t12-/m1/s1. The fourth-order valence-electron chi connectivity index (χ4n) is 3.26. The quantitative estimate of drug-likeness (QED) is 0.825. The Hall–Kier alpha value is -2.19. The first kappa shape index (κ1) is 19.6. The number of hydrogen-bond donors (Lipinski definition) is 1. The van der Waals surface area contributed by atoms with Crippen molar-refractivity contribution in [2.45, 2.75) is 26.8 Å². The average molecular weight is 392 g/mol. The molecular formula is C19H22F2N4OS. The average Bonchev–Trinajstić information content (AvgIpc) is 2.93. The van der Waals surface area contributed by atoms with E-state index < -0.39 is 11.6 Å². The van der Waals surface area contributed by atoms with Crippen molar-refractivity contribution in [3.8, 4) is 0 Å². The minimum absolute atomic E-state index is 0.0802. The molecule has 1 aromatic heterocycles. The Morgan fingerprint density at radius 3 is 2.74 bits per heavy atom. The molecule has 1 aromatic carbocycles. The minimum atomic E-state index is -0.699. The number of hydrazone groups is 1. The molecule has 0 aliphatic carbocycles. The van der Waals surface area contributed by atoms with Gasteiger partial charge in [0.15, 0.2) is 11.0 Å². The van der Waals surface area contributed by atoms with Crippen molar-refractivity contribution in [2.75, 3.05) is 19.5 Å². The highest BCUT2D eigenvalue weighted by molar-refractivity contribution is 8.14. The summed E-state index contributed by atoms with van der Waals surface area (Å²) in [5.41, 5.74) is 7.21. The largest absolute Gasteiger partial charge is 0.383 e. The lowest BCUT2D eigenvalue weighted by Gasteiger charge is -2.19. The number of thioether (sulfide) groups is 1. The molecule has 2 aromatic rings. The molecule has 0 saturated heterocycles. The summed E-state index contributed by atoms with van der Waals surface area (Å²) in [4.78, 5) is 4.18. The molecule has 27 heavy (non-hydrogen) atoms. The predicted octanol–water partition coefficient (Wildman–Crippen LogP) is 4.32. The monoisotopic (exact) mass is 392 g/mol. The van der Waals surface area contributed by atoms with Crippen molar-refractivity contribution in [1.29, 1.82) is 0 Å². The van der Waals surface area contributed by atoms with E-state index in [0.717, 1.165) is 28.7 Å². The van der Waals surface area contributed by atoms with E-state index in [0.29, 0.717) is 17.5 Å². The number of nitrogens with zero attached hydrogens (tertiary/aromatic N) is 3. The summed E-state index contributed by atoms with van der Waals surface area (Å²) in [6.45, 7) is 6.89. The lowest BCUT2D eigenvalue weighted by Crippen LogP contribution is -2.25. The van der Waals surface area contributed by atoms with Crippen LogP contribution in [0.4, 0.5) is 14.5 Å². The molecular weight excluding hydrogens is 370 g/mol. The Morgan fingerprint density at radius 1 is 1.33 bits per heavy atom. The number of methoxy groups -OCH3 is 1. The number of rotatable bonds is 5. The van der Waals surface area contributed by atoms with E-state index in [1.165, 1.54) is 23.9 Å². The second kappa shape index (κ2) is 8.22. The lowest BCUT2D eigenvalue weighted by atomic mass is 10.1. The molecule has 1 atom stereocenters. The number of benzene rings is 1. The first-order chi connectivity index (χ1) is 12.9. The van der Waals surface area contributed by atoms with Crippen LogP contribution < -0.4 is 5.43 Å². The van der Waals surface area contributed by atoms with Gasteiger partial charge in [0.2, 0.25) is 0 Å². The van der Waals surface area contributed by atoms with Crippen LogP contribution in [0.1, 0.15) is 29.9 Å². The van der Waals surface area contributed by atoms with E-state index in [2.05, 4.69) is 46.9 Å². The Morgan fingerprint density at radius 2 is 2.11 bits per heavy atom. The maximum Gasteiger partial charge on any atom is 0.182 e. The normalized spacial score (nSPS) is 17.0. The molecule has 8 heteroatoms. The van der Waals surface area contributed by atoms with Crippen LogP contribution in [0.25, 0.3) is 0 Å². The SMILES string of the molecule is COC[C@@H](C)n1c(C)cc(C2=NNC(=Nc3ccc(F)cc3F)SC2)c1C. The molecule has 0 spiro atoms. The summed E-state index contributed by atoms with van der Waals surface area (Å²) in [5.74, 6) is -0.716. The zero-order valence-corrected chi connectivity index (χ0v) is 16.5. The smallest absolute Gasteiger partial charge is 0.182 e. The predicted molar refractivity (Wildman–Crippen MR) is 106 cm³/mol. The van der Waals surface area contributed by atoms with Crippen molar-refractivity contribution in [2.24, 2.45) is 10.1 Å². The van der Waals surface area contributed by atoms with E-state index in [-0.39, 0.29) is 11.7 Å². The molecule has 0 saturated carbocycles. The van der Waals surface area contributed by atoms with Crippen LogP contribution in [0.5, 0.6) is 0 Å². The third-order valence-electron chi connectivity index (χ3n) is 4.41. The summed E-state index contributed by atoms with van der Waals surface area (Å²) < 4.78 is 34.3. The van der Waals surface area contributed by atoms with Gasteiger partial charge in [-0.15, -0.1) is 0 Å². The fourth-order valence-corrected chi connectivity index (χ4v) is 4.02. The minimum Gasteiger partial charge on any atom is -0.383 e. The molecule has 0 unspecified atom stereocenters. The number of nitrogens with one attached hydrogen (secondary N) is 1. The summed E-state index contributed by atoms with van der Waals surface area (Å²) in [5, 5.41) is 4.90. The van der Waals surface area contributed by atoms with Gasteiger partial charge in [-0.1, -0.05) is 11.8 Å². The van der Waals surface area contributed by atoms with E-state index in [9.17, 15) is 8.78 Å². The third kappa shape index (κ3) is 4.22. The number of hydrogen-bond acceptors (Lipinski definition) is 4. The second-order valence-electron chi connectivity index (χ2n) is 6.43. The van der Waals surface area contributed by atoms with Crippen LogP contribution in [-0.2, 0) is 4.74 Å². The molecule has 1 aliphatic rings. The molecule has 2 heterocycles. The van der Waals surface area contributed by atoms with E-state index in [1.54, 1.807) is 7.11 Å². The van der Waals surface area contributed by atoms with Crippen molar-refractivity contribution in [1.82, 2.24) is 9.99 Å². The highest BCUT2D eigenvalue weighted by Gasteiger charge is 2.20. The van der Waals surface area contributed by atoms with Crippen LogP contribution >= 0.6 is 11.8 Å². The Labute approximate surface area is 161 Å². The maximum atomic E-state index is 13.8. The van der Waals surface area contributed by atoms with Crippen molar-refractivity contribution >= 4 is 28.3 Å². The number of ether oxygens (including phenoxy) is 1. The molecule has 1 N–H and O–H groups in total. The molecule has 0 amide bonds. The van der Waals surface area contributed by atoms with Gasteiger partial charge in [-0.05, 0) is 39.0 Å². The van der Waals surface area contributed by atoms with Gasteiger partial charge in [0, 0.05) is 35.9 Å². The number of aromatic nitrogens is 1. The van der Waals surface area contributed by atoms with Crippen LogP contribution in [0, 0.1) is 25.5 Å². The van der Waals surface area contributed by atoms with Crippen molar-refractivity contribution < 1.29 is 13.5 Å². The molecule has 1 aliphatic heterocycles. The molecule has 5 nitrogen and oxygen atoms in total. The van der Waals surface area contributed by atoms with Gasteiger partial charge in [-0.25, -0.2) is 13.8 Å². The zero-order chi connectivity index (χ0) is 19.6. The summed E-state index contributed by atoms with van der Waals surface area (Å²) in [7, 11) is 1.70. The van der Waals surface area contributed by atoms with Gasteiger partial charge >= 0.3 is 0 Å². The van der Waals surface area contributed by atoms with Gasteiger partial charge in [0.25, 0.3) is 0 Å². The topological polar surface area (TPSA) is 50.9 Å². The summed E-state index contributed by atoms with van der Waals surface area (Å²) in [6.07, 6.45) is 0. The van der Waals surface area contributed by atoms with Crippen molar-refractivity contribution in [3.05, 3.63) is 52.9 Å². The zero-order valence-electron chi connectivity index (χ0n) is 15.7. The second-order valence-corrected chi connectivity index (χ2v) is 7.39. The fraction of sp³-hybridized carbons (Fsp3) is 0.368. The van der Waals surface area contributed by atoms with Crippen LogP contribution in [0.15, 0.2) is 34.4 Å². The Balaban J connectivity index is 1.81. The highest BCUT2D eigenvalue weighted by atomic mass is 32.2. The van der Waals surface area contributed by atoms with Gasteiger partial charge in [-0.2, -0.15) is 5.10 Å². The van der Waals surface area contributed by atoms with Crippen LogP contribution in [-0.4, -0.2) is 34.9 Å². The van der Waals surface area contributed by atoms with Gasteiger partial charge in [0.1, 0.15) is 11.5 Å². The van der Waals surface area contributed by atoms with Gasteiger partial charge < -0.3 is 9.30 Å². The molecule has 0 radical (unpaired) electrons. The Kier molecular flexibility index (Phi) is 5.96. The van der Waals surface area contributed by atoms with E-state index in [1.807, 2.05) is 0 Å². The van der Waals surface area contributed by atoms with Crippen LogP contribution in [0.2, 0.25) is 0 Å². The van der Waals surface area contributed by atoms with Crippen LogP contribution in [0.3, 0.4) is 0 Å². The maximum absolute atomic E-state index is 13.8. The number of amidine groups is 1. The van der Waals surface area contributed by atoms with Crippen molar-refractivity contribution in [3.63, 3.8) is 0 Å². The summed E-state index contributed by atoms with van der Waals surface area (Å²) in [6, 6.07) is 5.65. The molecule has 3 rings (SSSR count). The number of halogens is 2. The lowest BCUT2D eigenvalue weighted by molar-refractivity contribution is 0.161. The number of aliphatic imine (C=N–C) groups is 1. The number of aryl methyl sites for hydroxylation is 1. The van der Waals surface area contributed by atoms with Gasteiger partial charge in [0.05, 0.1) is 18.4 Å². The first-order valence-electron chi connectivity index (χ1n) is 8.57. The molecule has 144 valence electrons. The highest BCUT2D eigenvalue weighted by Crippen LogP contribution is 2.25. The van der Waals surface area contributed by atoms with E-state index in [4.69, 9.17) is 4.74 Å². The first-order valence-corrected chi connectivity index (χ1v) is 9.56. The molecule has 0 fully saturated rings. The summed E-state index contributed by atoms with van der Waals surface area (Å²) >= 11 is 1.43. The Bertz CT molecular complexity index is 907. The van der Waals surface area contributed by atoms with E-state index >= 15 is 0 Å². The third-order valence-corrected chi connectivity index (χ3v) is 5.28. The molecule has 0 bridgehead atoms. The van der Waals surface area contributed by atoms with Gasteiger partial charge in [-0.3, -0.25) is 5.43 Å².